The van der Waals surface area contributed by atoms with E-state index in [1.54, 1.807) is 13.8 Å². The number of hydrogen-bond acceptors (Lipinski definition) is 0. The van der Waals surface area contributed by atoms with Crippen molar-refractivity contribution in [2.45, 2.75) is 80.8 Å². The van der Waals surface area contributed by atoms with Crippen LogP contribution in [0.15, 0.2) is 12.2 Å². The van der Waals surface area contributed by atoms with Crippen LogP contribution in [-0.2, 0) is 0 Å². The minimum atomic E-state index is -4.25. The van der Waals surface area contributed by atoms with E-state index >= 15 is 0 Å². The Hall–Kier alpha value is -0.470. The fourth-order valence-corrected chi connectivity index (χ4v) is 2.99. The molecule has 0 rings (SSSR count). The summed E-state index contributed by atoms with van der Waals surface area (Å²) in [5.74, 6) is 0.100. The molecule has 0 nitrogen and oxygen atoms in total. The molecule has 132 valence electrons. The minimum Gasteiger partial charge on any atom is -0.170 e. The van der Waals surface area contributed by atoms with Crippen LogP contribution in [0.25, 0.3) is 0 Å². The molecule has 0 aromatic rings. The van der Waals surface area contributed by atoms with Crippen LogP contribution in [0.4, 0.5) is 13.2 Å². The lowest BCUT2D eigenvalue weighted by Gasteiger charge is -2.41. The second kappa shape index (κ2) is 7.40. The van der Waals surface area contributed by atoms with Gasteiger partial charge in [-0.25, -0.2) is 0 Å². The summed E-state index contributed by atoms with van der Waals surface area (Å²) in [5.41, 5.74) is -1.43. The van der Waals surface area contributed by atoms with E-state index in [1.807, 2.05) is 13.8 Å². The summed E-state index contributed by atoms with van der Waals surface area (Å²) in [4.78, 5) is 0. The van der Waals surface area contributed by atoms with Gasteiger partial charge in [0.25, 0.3) is 0 Å². The van der Waals surface area contributed by atoms with Gasteiger partial charge in [-0.15, -0.1) is 0 Å². The molecule has 0 aliphatic carbocycles. The largest absolute Gasteiger partial charge is 0.397 e. The highest BCUT2D eigenvalue weighted by Gasteiger charge is 2.54. The predicted octanol–water partition coefficient (Wildman–Crippen LogP) is 7.26. The Bertz CT molecular complexity index is 363. The molecule has 0 amide bonds. The number of halogens is 3. The van der Waals surface area contributed by atoms with Gasteiger partial charge in [0.05, 0.1) is 5.41 Å². The van der Waals surface area contributed by atoms with Gasteiger partial charge in [-0.1, -0.05) is 67.0 Å². The van der Waals surface area contributed by atoms with Crippen molar-refractivity contribution in [1.82, 2.24) is 0 Å². The lowest BCUT2D eigenvalue weighted by molar-refractivity contribution is -0.213. The third-order valence-corrected chi connectivity index (χ3v) is 5.42. The molecule has 2 atom stereocenters. The highest BCUT2D eigenvalue weighted by Crippen LogP contribution is 2.52. The quantitative estimate of drug-likeness (QED) is 0.413. The first kappa shape index (κ1) is 21.5. The zero-order valence-electron chi connectivity index (χ0n) is 15.7. The van der Waals surface area contributed by atoms with Gasteiger partial charge in [0.2, 0.25) is 0 Å². The summed E-state index contributed by atoms with van der Waals surface area (Å²) in [5, 5.41) is 0. The molecule has 0 heterocycles. The zero-order valence-corrected chi connectivity index (χ0v) is 15.7. The van der Waals surface area contributed by atoms with Crippen molar-refractivity contribution in [2.75, 3.05) is 0 Å². The summed E-state index contributed by atoms with van der Waals surface area (Å²) in [6, 6.07) is 0. The predicted molar refractivity (Wildman–Crippen MR) is 89.8 cm³/mol. The van der Waals surface area contributed by atoms with Crippen LogP contribution < -0.4 is 0 Å². The topological polar surface area (TPSA) is 0 Å². The van der Waals surface area contributed by atoms with Crippen molar-refractivity contribution in [1.29, 1.82) is 0 Å². The average Bonchev–Trinajstić information content (AvgIpc) is 2.34. The van der Waals surface area contributed by atoms with Crippen LogP contribution >= 0.6 is 0 Å². The minimum absolute atomic E-state index is 0.0390. The molecule has 0 bridgehead atoms. The smallest absolute Gasteiger partial charge is 0.170 e. The molecule has 0 N–H and O–H groups in total. The molecule has 0 spiro atoms. The Morgan fingerprint density at radius 3 is 1.68 bits per heavy atom. The maximum absolute atomic E-state index is 13.8. The molecule has 22 heavy (non-hydrogen) atoms. The standard InChI is InChI=1S/C19H35F3/c1-10-17(7,8)11-16(14(4)5)12-18(9,19(20,21)22)15(6)13(2)3/h13-14,16H,6,10-12H2,1-5,7-9H3. The van der Waals surface area contributed by atoms with Gasteiger partial charge >= 0.3 is 6.18 Å². The molecular weight excluding hydrogens is 285 g/mol. The summed E-state index contributed by atoms with van der Waals surface area (Å²) in [6.45, 7) is 19.2. The third kappa shape index (κ3) is 5.31. The Kier molecular flexibility index (Phi) is 7.24. The van der Waals surface area contributed by atoms with Gasteiger partial charge in [0.15, 0.2) is 0 Å². The normalized spacial score (nSPS) is 17.7. The second-order valence-corrected chi connectivity index (χ2v) is 8.44. The Balaban J connectivity index is 5.55. The SMILES string of the molecule is C=C(C(C)C)C(C)(CC(CC(C)(C)CC)C(C)C)C(F)(F)F. The van der Waals surface area contributed by atoms with Gasteiger partial charge < -0.3 is 0 Å². The fraction of sp³-hybridized carbons (Fsp3) is 0.895. The first-order valence-corrected chi connectivity index (χ1v) is 8.44. The van der Waals surface area contributed by atoms with E-state index in [4.69, 9.17) is 0 Å². The highest BCUT2D eigenvalue weighted by molar-refractivity contribution is 5.15. The van der Waals surface area contributed by atoms with Crippen LogP contribution in [0.1, 0.15) is 74.7 Å². The number of allylic oxidation sites excluding steroid dienone is 1. The molecule has 2 unspecified atom stereocenters. The van der Waals surface area contributed by atoms with Crippen molar-refractivity contribution < 1.29 is 13.2 Å². The Morgan fingerprint density at radius 2 is 1.41 bits per heavy atom. The summed E-state index contributed by atoms with van der Waals surface area (Å²) < 4.78 is 41.4. The number of hydrogen-bond donors (Lipinski definition) is 0. The third-order valence-electron chi connectivity index (χ3n) is 5.42. The molecule has 0 fully saturated rings. The van der Waals surface area contributed by atoms with Crippen LogP contribution in [-0.4, -0.2) is 6.18 Å². The summed E-state index contributed by atoms with van der Waals surface area (Å²) in [7, 11) is 0. The fourth-order valence-electron chi connectivity index (χ4n) is 2.99. The average molecular weight is 320 g/mol. The van der Waals surface area contributed by atoms with Crippen LogP contribution in [0.3, 0.4) is 0 Å². The maximum Gasteiger partial charge on any atom is 0.397 e. The van der Waals surface area contributed by atoms with Crippen molar-refractivity contribution in [3.8, 4) is 0 Å². The van der Waals surface area contributed by atoms with Crippen molar-refractivity contribution in [2.24, 2.45) is 28.6 Å². The summed E-state index contributed by atoms with van der Waals surface area (Å²) in [6.07, 6.45) is -2.32. The van der Waals surface area contributed by atoms with Gasteiger partial charge in [-0.2, -0.15) is 13.2 Å². The molecular formula is C19H35F3. The van der Waals surface area contributed by atoms with E-state index in [0.29, 0.717) is 5.57 Å². The highest BCUT2D eigenvalue weighted by atomic mass is 19.4. The van der Waals surface area contributed by atoms with Crippen LogP contribution in [0.5, 0.6) is 0 Å². The molecule has 0 aromatic carbocycles. The van der Waals surface area contributed by atoms with E-state index in [1.165, 1.54) is 6.92 Å². The molecule has 0 aliphatic rings. The maximum atomic E-state index is 13.8. The molecule has 0 saturated carbocycles. The lowest BCUT2D eigenvalue weighted by atomic mass is 9.66. The molecule has 0 radical (unpaired) electrons. The Labute approximate surface area is 135 Å². The van der Waals surface area contributed by atoms with Crippen molar-refractivity contribution >= 4 is 0 Å². The van der Waals surface area contributed by atoms with E-state index in [9.17, 15) is 13.2 Å². The van der Waals surface area contributed by atoms with Gasteiger partial charge in [0, 0.05) is 0 Å². The Morgan fingerprint density at radius 1 is 0.955 bits per heavy atom. The van der Waals surface area contributed by atoms with E-state index in [0.717, 1.165) is 12.8 Å². The van der Waals surface area contributed by atoms with E-state index in [-0.39, 0.29) is 29.6 Å². The zero-order chi connectivity index (χ0) is 17.9. The van der Waals surface area contributed by atoms with Gasteiger partial charge in [0.1, 0.15) is 0 Å². The molecule has 0 aromatic heterocycles. The second-order valence-electron chi connectivity index (χ2n) is 8.44. The first-order chi connectivity index (χ1) is 9.68. The van der Waals surface area contributed by atoms with Gasteiger partial charge in [-0.05, 0) is 42.9 Å². The van der Waals surface area contributed by atoms with Crippen molar-refractivity contribution in [3.63, 3.8) is 0 Å². The number of alkyl halides is 3. The molecule has 0 aliphatic heterocycles. The van der Waals surface area contributed by atoms with Crippen molar-refractivity contribution in [3.05, 3.63) is 12.2 Å². The lowest BCUT2D eigenvalue weighted by Crippen LogP contribution is -2.41. The molecule has 3 heteroatoms. The molecule has 0 saturated heterocycles. The monoisotopic (exact) mass is 320 g/mol. The van der Waals surface area contributed by atoms with Crippen LogP contribution in [0.2, 0.25) is 0 Å². The van der Waals surface area contributed by atoms with E-state index < -0.39 is 11.6 Å². The first-order valence-electron chi connectivity index (χ1n) is 8.44. The van der Waals surface area contributed by atoms with E-state index in [2.05, 4.69) is 27.4 Å². The van der Waals surface area contributed by atoms with Crippen LogP contribution in [0, 0.1) is 28.6 Å². The number of rotatable bonds is 8. The van der Waals surface area contributed by atoms with Gasteiger partial charge in [-0.3, -0.25) is 0 Å². The summed E-state index contributed by atoms with van der Waals surface area (Å²) >= 11 is 0.